The number of nitrogens with zero attached hydrogens (tertiary/aromatic N) is 3. The van der Waals surface area contributed by atoms with Gasteiger partial charge in [-0.1, -0.05) is 35.5 Å². The molecule has 0 radical (unpaired) electrons. The van der Waals surface area contributed by atoms with Crippen LogP contribution >= 0.6 is 23.1 Å². The van der Waals surface area contributed by atoms with Crippen LogP contribution < -0.4 is 0 Å². The van der Waals surface area contributed by atoms with Crippen molar-refractivity contribution in [2.75, 3.05) is 5.75 Å². The van der Waals surface area contributed by atoms with Crippen molar-refractivity contribution in [3.05, 3.63) is 56.9 Å². The van der Waals surface area contributed by atoms with E-state index in [0.29, 0.717) is 17.5 Å². The molecule has 0 unspecified atom stereocenters. The second kappa shape index (κ2) is 7.27. The highest BCUT2D eigenvalue weighted by atomic mass is 32.2. The van der Waals surface area contributed by atoms with Gasteiger partial charge in [0, 0.05) is 10.9 Å². The van der Waals surface area contributed by atoms with Crippen LogP contribution in [0.2, 0.25) is 0 Å². The fourth-order valence-electron chi connectivity index (χ4n) is 2.34. The van der Waals surface area contributed by atoms with Crippen LogP contribution in [0.3, 0.4) is 0 Å². The molecule has 0 spiro atoms. The van der Waals surface area contributed by atoms with E-state index in [9.17, 15) is 4.79 Å². The maximum absolute atomic E-state index is 12.3. The summed E-state index contributed by atoms with van der Waals surface area (Å²) < 4.78 is 5.59. The van der Waals surface area contributed by atoms with Gasteiger partial charge in [-0.2, -0.15) is 0 Å². The number of hydrogen-bond acceptors (Lipinski definition) is 7. The third-order valence-electron chi connectivity index (χ3n) is 3.46. The Balaban J connectivity index is 1.59. The number of Topliss-reactive ketones (excluding diaryl/α,β-unsaturated/α-hetero) is 1. The molecule has 3 aromatic rings. The number of thiazole rings is 1. The Kier molecular flexibility index (Phi) is 5.11. The second-order valence-corrected chi connectivity index (χ2v) is 7.52. The smallest absolute Gasteiger partial charge is 0.277 e. The highest BCUT2D eigenvalue weighted by Crippen LogP contribution is 2.21. The summed E-state index contributed by atoms with van der Waals surface area (Å²) in [7, 11) is 0. The Morgan fingerprint density at radius 2 is 2.08 bits per heavy atom. The molecule has 124 valence electrons. The summed E-state index contributed by atoms with van der Waals surface area (Å²) in [6.45, 7) is 5.92. The van der Waals surface area contributed by atoms with E-state index in [1.54, 1.807) is 11.3 Å². The molecular weight excluding hydrogens is 342 g/mol. The highest BCUT2D eigenvalue weighted by molar-refractivity contribution is 7.99. The summed E-state index contributed by atoms with van der Waals surface area (Å²) in [5.41, 5.74) is 3.80. The van der Waals surface area contributed by atoms with Gasteiger partial charge in [0.1, 0.15) is 0 Å². The number of thioether (sulfide) groups is 1. The van der Waals surface area contributed by atoms with E-state index in [1.165, 1.54) is 11.8 Å². The van der Waals surface area contributed by atoms with Crippen LogP contribution in [-0.4, -0.2) is 26.7 Å². The number of benzene rings is 1. The van der Waals surface area contributed by atoms with Gasteiger partial charge in [-0.15, -0.1) is 21.5 Å². The SMILES string of the molecule is Cc1ccc(C(=O)CSc2nnc(Cc3csc(C)n3)o2)c(C)c1. The lowest BCUT2D eigenvalue weighted by atomic mass is 10.0. The molecule has 2 heterocycles. The molecule has 0 amide bonds. The van der Waals surface area contributed by atoms with Crippen LogP contribution in [-0.2, 0) is 6.42 Å². The van der Waals surface area contributed by atoms with E-state index < -0.39 is 0 Å². The summed E-state index contributed by atoms with van der Waals surface area (Å²) >= 11 is 2.86. The molecule has 24 heavy (non-hydrogen) atoms. The minimum Gasteiger partial charge on any atom is -0.416 e. The second-order valence-electron chi connectivity index (χ2n) is 5.53. The minimum atomic E-state index is 0.0624. The number of hydrogen-bond donors (Lipinski definition) is 0. The molecule has 3 rings (SSSR count). The normalized spacial score (nSPS) is 11.0. The van der Waals surface area contributed by atoms with Gasteiger partial charge in [-0.3, -0.25) is 4.79 Å². The van der Waals surface area contributed by atoms with Crippen molar-refractivity contribution in [1.82, 2.24) is 15.2 Å². The first-order valence-electron chi connectivity index (χ1n) is 7.48. The predicted octanol–water partition coefficient (Wildman–Crippen LogP) is 4.02. The van der Waals surface area contributed by atoms with Crippen LogP contribution in [0, 0.1) is 20.8 Å². The molecule has 0 saturated heterocycles. The summed E-state index contributed by atoms with van der Waals surface area (Å²) in [4.78, 5) is 16.7. The summed E-state index contributed by atoms with van der Waals surface area (Å²) in [5, 5.41) is 11.4. The Morgan fingerprint density at radius 3 is 2.79 bits per heavy atom. The van der Waals surface area contributed by atoms with E-state index in [4.69, 9.17) is 4.42 Å². The zero-order chi connectivity index (χ0) is 17.1. The molecular formula is C17H17N3O2S2. The number of aryl methyl sites for hydroxylation is 3. The Morgan fingerprint density at radius 1 is 1.25 bits per heavy atom. The van der Waals surface area contributed by atoms with E-state index in [-0.39, 0.29) is 11.5 Å². The largest absolute Gasteiger partial charge is 0.416 e. The predicted molar refractivity (Wildman–Crippen MR) is 94.9 cm³/mol. The Labute approximate surface area is 148 Å². The summed E-state index contributed by atoms with van der Waals surface area (Å²) in [6.07, 6.45) is 0.517. The van der Waals surface area contributed by atoms with Gasteiger partial charge in [-0.25, -0.2) is 4.98 Å². The number of aromatic nitrogens is 3. The molecule has 0 saturated carbocycles. The maximum atomic E-state index is 12.3. The molecule has 1 aromatic carbocycles. The standard InChI is InChI=1S/C17H17N3O2S2/c1-10-4-5-14(11(2)6-10)15(21)9-24-17-20-19-16(22-17)7-13-8-23-12(3)18-13/h4-6,8H,7,9H2,1-3H3. The zero-order valence-electron chi connectivity index (χ0n) is 13.7. The van der Waals surface area contributed by atoms with Gasteiger partial charge >= 0.3 is 0 Å². The lowest BCUT2D eigenvalue weighted by molar-refractivity contribution is 0.102. The van der Waals surface area contributed by atoms with E-state index in [1.807, 2.05) is 44.4 Å². The van der Waals surface area contributed by atoms with Crippen LogP contribution in [0.15, 0.2) is 33.2 Å². The average Bonchev–Trinajstić information content (AvgIpc) is 3.14. The molecule has 0 aliphatic carbocycles. The van der Waals surface area contributed by atoms with Gasteiger partial charge in [-0.05, 0) is 26.3 Å². The van der Waals surface area contributed by atoms with Gasteiger partial charge in [0.15, 0.2) is 5.78 Å². The van der Waals surface area contributed by atoms with E-state index in [0.717, 1.165) is 27.4 Å². The van der Waals surface area contributed by atoms with Crippen molar-refractivity contribution in [2.24, 2.45) is 0 Å². The third kappa shape index (κ3) is 4.10. The fraction of sp³-hybridized carbons (Fsp3) is 0.294. The monoisotopic (exact) mass is 359 g/mol. The maximum Gasteiger partial charge on any atom is 0.277 e. The van der Waals surface area contributed by atoms with Crippen molar-refractivity contribution in [3.63, 3.8) is 0 Å². The molecule has 0 N–H and O–H groups in total. The first kappa shape index (κ1) is 16.9. The summed E-state index contributed by atoms with van der Waals surface area (Å²) in [5.74, 6) is 0.857. The van der Waals surface area contributed by atoms with Crippen molar-refractivity contribution >= 4 is 28.9 Å². The van der Waals surface area contributed by atoms with Crippen molar-refractivity contribution in [3.8, 4) is 0 Å². The van der Waals surface area contributed by atoms with E-state index >= 15 is 0 Å². The number of rotatable bonds is 6. The lowest BCUT2D eigenvalue weighted by Crippen LogP contribution is -2.04. The molecule has 0 atom stereocenters. The van der Waals surface area contributed by atoms with Gasteiger partial charge in [0.2, 0.25) is 5.89 Å². The highest BCUT2D eigenvalue weighted by Gasteiger charge is 2.14. The zero-order valence-corrected chi connectivity index (χ0v) is 15.3. The molecule has 2 aromatic heterocycles. The molecule has 0 aliphatic heterocycles. The minimum absolute atomic E-state index is 0.0624. The van der Waals surface area contributed by atoms with Crippen molar-refractivity contribution < 1.29 is 9.21 Å². The van der Waals surface area contributed by atoms with Crippen LogP contribution in [0.5, 0.6) is 0 Å². The number of carbonyl (C=O) groups excluding carboxylic acids is 1. The number of ketones is 1. The number of carbonyl (C=O) groups is 1. The van der Waals surface area contributed by atoms with Crippen LogP contribution in [0.4, 0.5) is 0 Å². The Hall–Kier alpha value is -1.99. The van der Waals surface area contributed by atoms with E-state index in [2.05, 4.69) is 15.2 Å². The van der Waals surface area contributed by atoms with Crippen molar-refractivity contribution in [2.45, 2.75) is 32.4 Å². The third-order valence-corrected chi connectivity index (χ3v) is 5.10. The lowest BCUT2D eigenvalue weighted by Gasteiger charge is -2.04. The first-order valence-corrected chi connectivity index (χ1v) is 9.34. The molecule has 0 fully saturated rings. The molecule has 7 heteroatoms. The van der Waals surface area contributed by atoms with Crippen LogP contribution in [0.1, 0.15) is 38.1 Å². The van der Waals surface area contributed by atoms with Gasteiger partial charge in [0.05, 0.1) is 22.9 Å². The summed E-state index contributed by atoms with van der Waals surface area (Å²) in [6, 6.07) is 5.83. The molecule has 0 aliphatic rings. The van der Waals surface area contributed by atoms with Gasteiger partial charge in [0.25, 0.3) is 5.22 Å². The molecule has 5 nitrogen and oxygen atoms in total. The quantitative estimate of drug-likeness (QED) is 0.489. The fourth-order valence-corrected chi connectivity index (χ4v) is 3.62. The van der Waals surface area contributed by atoms with Crippen molar-refractivity contribution in [1.29, 1.82) is 0 Å². The average molecular weight is 359 g/mol. The van der Waals surface area contributed by atoms with Crippen LogP contribution in [0.25, 0.3) is 0 Å². The van der Waals surface area contributed by atoms with Gasteiger partial charge < -0.3 is 4.42 Å². The Bertz CT molecular complexity index is 870. The topological polar surface area (TPSA) is 68.9 Å². The first-order chi connectivity index (χ1) is 11.5. The molecule has 0 bridgehead atoms.